The molecule has 2 N–H and O–H groups in total. The molecule has 2 heteroatoms. The maximum absolute atomic E-state index is 9.37. The Labute approximate surface area is 88.1 Å². The molecule has 2 nitrogen and oxygen atoms in total. The highest BCUT2D eigenvalue weighted by Gasteiger charge is 2.19. The second kappa shape index (κ2) is 6.41. The first-order valence-electron chi connectivity index (χ1n) is 6.13. The van der Waals surface area contributed by atoms with Gasteiger partial charge in [-0.25, -0.2) is 0 Å². The Bertz CT molecular complexity index is 141. The maximum atomic E-state index is 9.37. The Morgan fingerprint density at radius 3 is 2.50 bits per heavy atom. The van der Waals surface area contributed by atoms with Gasteiger partial charge >= 0.3 is 0 Å². The molecule has 1 aliphatic carbocycles. The predicted octanol–water partition coefficient (Wildman–Crippen LogP) is 2.32. The van der Waals surface area contributed by atoms with Gasteiger partial charge in [0, 0.05) is 6.04 Å². The van der Waals surface area contributed by atoms with Crippen LogP contribution in [0.3, 0.4) is 0 Å². The first-order chi connectivity index (χ1) is 6.72. The van der Waals surface area contributed by atoms with Gasteiger partial charge in [0.05, 0.1) is 6.10 Å². The number of hydrogen-bond acceptors (Lipinski definition) is 2. The molecule has 0 aromatic carbocycles. The molecule has 1 atom stereocenters. The second-order valence-corrected chi connectivity index (χ2v) is 4.77. The van der Waals surface area contributed by atoms with Crippen LogP contribution in [-0.2, 0) is 0 Å². The zero-order chi connectivity index (χ0) is 10.4. The van der Waals surface area contributed by atoms with Crippen LogP contribution in [0.2, 0.25) is 0 Å². The molecule has 1 unspecified atom stereocenters. The smallest absolute Gasteiger partial charge is 0.0540 e. The van der Waals surface area contributed by atoms with Crippen LogP contribution in [0.1, 0.15) is 52.4 Å². The highest BCUT2D eigenvalue weighted by atomic mass is 16.3. The molecular formula is C12H25NO. The van der Waals surface area contributed by atoms with E-state index in [0.717, 1.165) is 25.3 Å². The molecule has 0 bridgehead atoms. The standard InChI is InChI=1S/C12H25NO/c1-3-4-10(2)13-9-11-5-7-12(14)8-6-11/h10-14H,3-9H2,1-2H3. The summed E-state index contributed by atoms with van der Waals surface area (Å²) < 4.78 is 0. The third-order valence-electron chi connectivity index (χ3n) is 3.29. The molecular weight excluding hydrogens is 174 g/mol. The van der Waals surface area contributed by atoms with E-state index in [4.69, 9.17) is 0 Å². The molecule has 1 saturated carbocycles. The zero-order valence-corrected chi connectivity index (χ0v) is 9.63. The summed E-state index contributed by atoms with van der Waals surface area (Å²) in [6.07, 6.45) is 6.94. The summed E-state index contributed by atoms with van der Waals surface area (Å²) >= 11 is 0. The minimum Gasteiger partial charge on any atom is -0.393 e. The molecule has 1 rings (SSSR count). The fourth-order valence-corrected chi connectivity index (χ4v) is 2.25. The van der Waals surface area contributed by atoms with Crippen molar-refractivity contribution in [3.05, 3.63) is 0 Å². The molecule has 0 aromatic rings. The summed E-state index contributed by atoms with van der Waals surface area (Å²) in [5.41, 5.74) is 0. The monoisotopic (exact) mass is 199 g/mol. The van der Waals surface area contributed by atoms with Crippen LogP contribution in [0.5, 0.6) is 0 Å². The van der Waals surface area contributed by atoms with Crippen LogP contribution in [0, 0.1) is 5.92 Å². The van der Waals surface area contributed by atoms with E-state index in [1.54, 1.807) is 0 Å². The molecule has 0 radical (unpaired) electrons. The lowest BCUT2D eigenvalue weighted by atomic mass is 9.87. The largest absolute Gasteiger partial charge is 0.393 e. The van der Waals surface area contributed by atoms with E-state index in [2.05, 4.69) is 19.2 Å². The molecule has 0 aromatic heterocycles. The van der Waals surface area contributed by atoms with Crippen molar-refractivity contribution in [1.29, 1.82) is 0 Å². The fourth-order valence-electron chi connectivity index (χ4n) is 2.25. The van der Waals surface area contributed by atoms with Crippen molar-refractivity contribution < 1.29 is 5.11 Å². The van der Waals surface area contributed by atoms with Crippen molar-refractivity contribution in [3.63, 3.8) is 0 Å². The third-order valence-corrected chi connectivity index (χ3v) is 3.29. The molecule has 84 valence electrons. The number of rotatable bonds is 5. The Kier molecular flexibility index (Phi) is 5.49. The van der Waals surface area contributed by atoms with E-state index >= 15 is 0 Å². The first-order valence-corrected chi connectivity index (χ1v) is 6.13. The van der Waals surface area contributed by atoms with Crippen LogP contribution < -0.4 is 5.32 Å². The Hall–Kier alpha value is -0.0800. The lowest BCUT2D eigenvalue weighted by molar-refractivity contribution is 0.107. The molecule has 0 saturated heterocycles. The van der Waals surface area contributed by atoms with E-state index in [-0.39, 0.29) is 6.10 Å². The summed E-state index contributed by atoms with van der Waals surface area (Å²) in [6.45, 7) is 5.64. The minimum absolute atomic E-state index is 0.0145. The van der Waals surface area contributed by atoms with E-state index < -0.39 is 0 Å². The van der Waals surface area contributed by atoms with E-state index in [9.17, 15) is 5.11 Å². The van der Waals surface area contributed by atoms with Crippen LogP contribution in [0.4, 0.5) is 0 Å². The molecule has 0 spiro atoms. The van der Waals surface area contributed by atoms with Gasteiger partial charge in [-0.05, 0) is 51.5 Å². The van der Waals surface area contributed by atoms with Gasteiger partial charge in [-0.1, -0.05) is 13.3 Å². The summed E-state index contributed by atoms with van der Waals surface area (Å²) in [6, 6.07) is 0.659. The molecule has 1 aliphatic rings. The van der Waals surface area contributed by atoms with Gasteiger partial charge in [-0.15, -0.1) is 0 Å². The van der Waals surface area contributed by atoms with E-state index in [0.29, 0.717) is 6.04 Å². The normalized spacial score (nSPS) is 30.2. The highest BCUT2D eigenvalue weighted by Crippen LogP contribution is 2.23. The quantitative estimate of drug-likeness (QED) is 0.712. The van der Waals surface area contributed by atoms with E-state index in [1.165, 1.54) is 25.7 Å². The van der Waals surface area contributed by atoms with Gasteiger partial charge in [0.25, 0.3) is 0 Å². The van der Waals surface area contributed by atoms with Gasteiger partial charge in [0.1, 0.15) is 0 Å². The van der Waals surface area contributed by atoms with Gasteiger partial charge in [0.15, 0.2) is 0 Å². The molecule has 14 heavy (non-hydrogen) atoms. The average Bonchev–Trinajstić information content (AvgIpc) is 2.17. The lowest BCUT2D eigenvalue weighted by Crippen LogP contribution is -2.33. The lowest BCUT2D eigenvalue weighted by Gasteiger charge is -2.26. The van der Waals surface area contributed by atoms with Crippen molar-refractivity contribution in [1.82, 2.24) is 5.32 Å². The van der Waals surface area contributed by atoms with Gasteiger partial charge in [0.2, 0.25) is 0 Å². The Morgan fingerprint density at radius 2 is 1.93 bits per heavy atom. The number of hydrogen-bond donors (Lipinski definition) is 2. The van der Waals surface area contributed by atoms with Crippen molar-refractivity contribution in [3.8, 4) is 0 Å². The maximum Gasteiger partial charge on any atom is 0.0540 e. The van der Waals surface area contributed by atoms with E-state index in [1.807, 2.05) is 0 Å². The molecule has 0 aliphatic heterocycles. The Morgan fingerprint density at radius 1 is 1.29 bits per heavy atom. The fraction of sp³-hybridized carbons (Fsp3) is 1.00. The second-order valence-electron chi connectivity index (χ2n) is 4.77. The summed E-state index contributed by atoms with van der Waals surface area (Å²) in [5.74, 6) is 0.803. The third kappa shape index (κ3) is 4.43. The highest BCUT2D eigenvalue weighted by molar-refractivity contribution is 4.74. The SMILES string of the molecule is CCCC(C)NCC1CCC(O)CC1. The summed E-state index contributed by atoms with van der Waals surface area (Å²) in [7, 11) is 0. The molecule has 0 amide bonds. The van der Waals surface area contributed by atoms with Crippen LogP contribution in [0.15, 0.2) is 0 Å². The zero-order valence-electron chi connectivity index (χ0n) is 9.63. The topological polar surface area (TPSA) is 32.3 Å². The first kappa shape index (κ1) is 12.0. The van der Waals surface area contributed by atoms with Gasteiger partial charge in [-0.2, -0.15) is 0 Å². The summed E-state index contributed by atoms with van der Waals surface area (Å²) in [4.78, 5) is 0. The predicted molar refractivity (Wildman–Crippen MR) is 60.3 cm³/mol. The van der Waals surface area contributed by atoms with Gasteiger partial charge < -0.3 is 10.4 Å². The van der Waals surface area contributed by atoms with Crippen LogP contribution in [-0.4, -0.2) is 23.8 Å². The van der Waals surface area contributed by atoms with Crippen molar-refractivity contribution in [2.75, 3.05) is 6.54 Å². The van der Waals surface area contributed by atoms with Crippen LogP contribution in [0.25, 0.3) is 0 Å². The van der Waals surface area contributed by atoms with Crippen molar-refractivity contribution >= 4 is 0 Å². The van der Waals surface area contributed by atoms with Crippen molar-refractivity contribution in [2.24, 2.45) is 5.92 Å². The van der Waals surface area contributed by atoms with Crippen LogP contribution >= 0.6 is 0 Å². The minimum atomic E-state index is -0.0145. The Balaban J connectivity index is 2.06. The number of aliphatic hydroxyl groups is 1. The average molecular weight is 199 g/mol. The molecule has 0 heterocycles. The van der Waals surface area contributed by atoms with Gasteiger partial charge in [-0.3, -0.25) is 0 Å². The summed E-state index contributed by atoms with van der Waals surface area (Å²) in [5, 5.41) is 13.0. The number of aliphatic hydroxyl groups excluding tert-OH is 1. The molecule has 1 fully saturated rings. The number of nitrogens with one attached hydrogen (secondary N) is 1. The van der Waals surface area contributed by atoms with Crippen molar-refractivity contribution in [2.45, 2.75) is 64.5 Å².